The SMILES string of the molecule is CCNC(C#N)(CN(CC)C1CCCC1)C1CC1. The van der Waals surface area contributed by atoms with Crippen molar-refractivity contribution in [1.82, 2.24) is 10.2 Å². The lowest BCUT2D eigenvalue weighted by atomic mass is 9.93. The van der Waals surface area contributed by atoms with E-state index in [9.17, 15) is 5.26 Å². The average molecular weight is 249 g/mol. The highest BCUT2D eigenvalue weighted by molar-refractivity contribution is 5.17. The van der Waals surface area contributed by atoms with Gasteiger partial charge >= 0.3 is 0 Å². The van der Waals surface area contributed by atoms with E-state index in [0.29, 0.717) is 5.92 Å². The minimum Gasteiger partial charge on any atom is -0.298 e. The van der Waals surface area contributed by atoms with Crippen molar-refractivity contribution in [2.24, 2.45) is 5.92 Å². The fourth-order valence-corrected chi connectivity index (χ4v) is 3.48. The molecule has 0 aromatic rings. The van der Waals surface area contributed by atoms with Gasteiger partial charge in [0.1, 0.15) is 5.54 Å². The van der Waals surface area contributed by atoms with E-state index in [1.807, 2.05) is 0 Å². The van der Waals surface area contributed by atoms with Crippen LogP contribution in [0.1, 0.15) is 52.4 Å². The van der Waals surface area contributed by atoms with Crippen molar-refractivity contribution in [2.45, 2.75) is 64.0 Å². The molecule has 0 heterocycles. The molecule has 0 aliphatic heterocycles. The van der Waals surface area contributed by atoms with Crippen LogP contribution < -0.4 is 5.32 Å². The number of nitrogens with one attached hydrogen (secondary N) is 1. The quantitative estimate of drug-likeness (QED) is 0.753. The lowest BCUT2D eigenvalue weighted by Crippen LogP contribution is -2.56. The van der Waals surface area contributed by atoms with Crippen LogP contribution in [-0.4, -0.2) is 36.1 Å². The zero-order chi connectivity index (χ0) is 13.0. The van der Waals surface area contributed by atoms with Crippen molar-refractivity contribution >= 4 is 0 Å². The molecule has 2 fully saturated rings. The second-order valence-electron chi connectivity index (χ2n) is 5.89. The molecule has 0 spiro atoms. The zero-order valence-corrected chi connectivity index (χ0v) is 11.9. The molecule has 102 valence electrons. The van der Waals surface area contributed by atoms with E-state index in [-0.39, 0.29) is 5.54 Å². The summed E-state index contributed by atoms with van der Waals surface area (Å²) in [6, 6.07) is 3.34. The van der Waals surface area contributed by atoms with Gasteiger partial charge in [0.15, 0.2) is 0 Å². The normalized spacial score (nSPS) is 24.1. The summed E-state index contributed by atoms with van der Waals surface area (Å²) in [4.78, 5) is 2.55. The van der Waals surface area contributed by atoms with E-state index in [4.69, 9.17) is 0 Å². The summed E-state index contributed by atoms with van der Waals surface area (Å²) in [6.07, 6.45) is 7.83. The monoisotopic (exact) mass is 249 g/mol. The van der Waals surface area contributed by atoms with Crippen molar-refractivity contribution in [2.75, 3.05) is 19.6 Å². The third kappa shape index (κ3) is 2.87. The van der Waals surface area contributed by atoms with E-state index >= 15 is 0 Å². The molecular formula is C15H27N3. The van der Waals surface area contributed by atoms with Gasteiger partial charge in [0, 0.05) is 12.6 Å². The second kappa shape index (κ2) is 6.04. The van der Waals surface area contributed by atoms with Crippen LogP contribution in [0.25, 0.3) is 0 Å². The minimum atomic E-state index is -0.284. The molecule has 0 radical (unpaired) electrons. The van der Waals surface area contributed by atoms with Gasteiger partial charge in [-0.25, -0.2) is 0 Å². The number of nitriles is 1. The van der Waals surface area contributed by atoms with Gasteiger partial charge in [-0.2, -0.15) is 5.26 Å². The standard InChI is InChI=1S/C15H27N3/c1-3-17-15(11-16,13-9-10-13)12-18(4-2)14-7-5-6-8-14/h13-14,17H,3-10,12H2,1-2H3. The summed E-state index contributed by atoms with van der Waals surface area (Å²) < 4.78 is 0. The maximum Gasteiger partial charge on any atom is 0.122 e. The summed E-state index contributed by atoms with van der Waals surface area (Å²) in [6.45, 7) is 7.24. The molecule has 0 bridgehead atoms. The highest BCUT2D eigenvalue weighted by Gasteiger charge is 2.46. The smallest absolute Gasteiger partial charge is 0.122 e. The lowest BCUT2D eigenvalue weighted by Gasteiger charge is -2.37. The van der Waals surface area contributed by atoms with E-state index in [1.165, 1.54) is 38.5 Å². The predicted octanol–water partition coefficient (Wildman–Crippen LogP) is 2.53. The summed E-state index contributed by atoms with van der Waals surface area (Å²) in [7, 11) is 0. The molecule has 1 atom stereocenters. The highest BCUT2D eigenvalue weighted by atomic mass is 15.2. The number of likely N-dealkylation sites (N-methyl/N-ethyl adjacent to an activating group) is 2. The average Bonchev–Trinajstić information content (AvgIpc) is 3.11. The van der Waals surface area contributed by atoms with Crippen LogP contribution in [0, 0.1) is 17.2 Å². The zero-order valence-electron chi connectivity index (χ0n) is 11.9. The molecule has 2 aliphatic carbocycles. The van der Waals surface area contributed by atoms with Crippen LogP contribution >= 0.6 is 0 Å². The van der Waals surface area contributed by atoms with Gasteiger partial charge in [0.25, 0.3) is 0 Å². The first-order valence-electron chi connectivity index (χ1n) is 7.66. The van der Waals surface area contributed by atoms with E-state index in [2.05, 4.69) is 30.1 Å². The third-order valence-electron chi connectivity index (χ3n) is 4.67. The molecule has 2 aliphatic rings. The number of nitrogens with zero attached hydrogens (tertiary/aromatic N) is 2. The van der Waals surface area contributed by atoms with Gasteiger partial charge in [-0.1, -0.05) is 26.7 Å². The van der Waals surface area contributed by atoms with Crippen LogP contribution in [0.2, 0.25) is 0 Å². The summed E-state index contributed by atoms with van der Waals surface area (Å²) in [5.74, 6) is 0.581. The maximum atomic E-state index is 9.67. The Morgan fingerprint density at radius 1 is 1.22 bits per heavy atom. The van der Waals surface area contributed by atoms with E-state index in [1.54, 1.807) is 0 Å². The first kappa shape index (κ1) is 13.8. The lowest BCUT2D eigenvalue weighted by molar-refractivity contribution is 0.154. The molecule has 2 rings (SSSR count). The molecule has 0 aromatic carbocycles. The largest absolute Gasteiger partial charge is 0.298 e. The van der Waals surface area contributed by atoms with Gasteiger partial charge in [0.05, 0.1) is 6.07 Å². The molecule has 1 unspecified atom stereocenters. The molecule has 18 heavy (non-hydrogen) atoms. The number of hydrogen-bond donors (Lipinski definition) is 1. The Morgan fingerprint density at radius 2 is 1.89 bits per heavy atom. The number of hydrogen-bond acceptors (Lipinski definition) is 3. The van der Waals surface area contributed by atoms with Crippen LogP contribution in [0.4, 0.5) is 0 Å². The van der Waals surface area contributed by atoms with E-state index in [0.717, 1.165) is 25.7 Å². The van der Waals surface area contributed by atoms with Gasteiger partial charge in [0.2, 0.25) is 0 Å². The van der Waals surface area contributed by atoms with Crippen molar-refractivity contribution < 1.29 is 0 Å². The Kier molecular flexibility index (Phi) is 4.64. The fourth-order valence-electron chi connectivity index (χ4n) is 3.48. The van der Waals surface area contributed by atoms with Crippen molar-refractivity contribution in [3.8, 4) is 6.07 Å². The second-order valence-corrected chi connectivity index (χ2v) is 5.89. The van der Waals surface area contributed by atoms with Crippen LogP contribution in [0.3, 0.4) is 0 Å². The molecule has 0 saturated heterocycles. The number of rotatable bonds is 7. The summed E-state index contributed by atoms with van der Waals surface area (Å²) >= 11 is 0. The summed E-state index contributed by atoms with van der Waals surface area (Å²) in [5.41, 5.74) is -0.284. The van der Waals surface area contributed by atoms with Gasteiger partial charge in [-0.05, 0) is 44.7 Å². The van der Waals surface area contributed by atoms with Gasteiger partial charge in [-0.3, -0.25) is 10.2 Å². The Hall–Kier alpha value is -0.590. The Balaban J connectivity index is 2.03. The van der Waals surface area contributed by atoms with Crippen molar-refractivity contribution in [3.63, 3.8) is 0 Å². The molecule has 1 N–H and O–H groups in total. The van der Waals surface area contributed by atoms with Crippen molar-refractivity contribution in [3.05, 3.63) is 0 Å². The van der Waals surface area contributed by atoms with E-state index < -0.39 is 0 Å². The summed E-state index contributed by atoms with van der Waals surface area (Å²) in [5, 5.41) is 13.2. The first-order chi connectivity index (χ1) is 8.75. The van der Waals surface area contributed by atoms with Crippen molar-refractivity contribution in [1.29, 1.82) is 5.26 Å². The van der Waals surface area contributed by atoms with Crippen LogP contribution in [0.15, 0.2) is 0 Å². The van der Waals surface area contributed by atoms with Crippen LogP contribution in [-0.2, 0) is 0 Å². The Labute approximate surface area is 112 Å². The fraction of sp³-hybridized carbons (Fsp3) is 0.933. The highest BCUT2D eigenvalue weighted by Crippen LogP contribution is 2.40. The van der Waals surface area contributed by atoms with Gasteiger partial charge < -0.3 is 0 Å². The topological polar surface area (TPSA) is 39.1 Å². The molecule has 0 amide bonds. The predicted molar refractivity (Wildman–Crippen MR) is 74.2 cm³/mol. The molecule has 3 nitrogen and oxygen atoms in total. The maximum absolute atomic E-state index is 9.67. The van der Waals surface area contributed by atoms with Gasteiger partial charge in [-0.15, -0.1) is 0 Å². The molecular weight excluding hydrogens is 222 g/mol. The molecule has 2 saturated carbocycles. The minimum absolute atomic E-state index is 0.284. The Morgan fingerprint density at radius 3 is 2.33 bits per heavy atom. The third-order valence-corrected chi connectivity index (χ3v) is 4.67. The molecule has 3 heteroatoms. The first-order valence-corrected chi connectivity index (χ1v) is 7.66. The Bertz CT molecular complexity index is 299. The molecule has 0 aromatic heterocycles. The van der Waals surface area contributed by atoms with Crippen LogP contribution in [0.5, 0.6) is 0 Å².